The fraction of sp³-hybridized carbons (Fsp3) is 0.500. The van der Waals surface area contributed by atoms with Crippen LogP contribution in [0.15, 0.2) is 18.6 Å². The molecular formula is C16H21FN6O. The number of aryl methyl sites for hydroxylation is 2. The molecule has 2 aromatic rings. The molecule has 1 aliphatic rings. The maximum atomic E-state index is 14.5. The summed E-state index contributed by atoms with van der Waals surface area (Å²) in [5, 5.41) is 4.16. The summed E-state index contributed by atoms with van der Waals surface area (Å²) in [5.74, 6) is -0.117. The first-order valence-electron chi connectivity index (χ1n) is 8.13. The van der Waals surface area contributed by atoms with Gasteiger partial charge in [-0.1, -0.05) is 6.92 Å². The zero-order valence-electron chi connectivity index (χ0n) is 13.9. The van der Waals surface area contributed by atoms with E-state index in [4.69, 9.17) is 0 Å². The van der Waals surface area contributed by atoms with E-state index in [1.165, 1.54) is 6.33 Å². The number of hydrogen-bond acceptors (Lipinski definition) is 5. The Morgan fingerprint density at radius 2 is 2.08 bits per heavy atom. The van der Waals surface area contributed by atoms with Gasteiger partial charge in [-0.2, -0.15) is 5.10 Å². The van der Waals surface area contributed by atoms with Gasteiger partial charge in [-0.05, 0) is 18.9 Å². The second kappa shape index (κ2) is 6.94. The van der Waals surface area contributed by atoms with Crippen LogP contribution in [0.5, 0.6) is 0 Å². The lowest BCUT2D eigenvalue weighted by atomic mass is 10.3. The van der Waals surface area contributed by atoms with E-state index in [0.29, 0.717) is 49.8 Å². The molecule has 1 amide bonds. The second-order valence-electron chi connectivity index (χ2n) is 5.82. The lowest BCUT2D eigenvalue weighted by Gasteiger charge is -2.23. The highest BCUT2D eigenvalue weighted by Gasteiger charge is 2.24. The second-order valence-corrected chi connectivity index (χ2v) is 5.82. The molecule has 1 aliphatic heterocycles. The smallest absolute Gasteiger partial charge is 0.274 e. The molecule has 2 aromatic heterocycles. The summed E-state index contributed by atoms with van der Waals surface area (Å²) in [5.41, 5.74) is 0.859. The van der Waals surface area contributed by atoms with Crippen LogP contribution in [-0.2, 0) is 13.5 Å². The van der Waals surface area contributed by atoms with Crippen LogP contribution < -0.4 is 4.90 Å². The normalized spacial score (nSPS) is 15.5. The highest BCUT2D eigenvalue weighted by molar-refractivity contribution is 5.92. The van der Waals surface area contributed by atoms with E-state index in [9.17, 15) is 9.18 Å². The van der Waals surface area contributed by atoms with E-state index in [1.54, 1.807) is 28.9 Å². The summed E-state index contributed by atoms with van der Waals surface area (Å²) in [6.45, 7) is 4.20. The number of hydrogen-bond donors (Lipinski definition) is 0. The van der Waals surface area contributed by atoms with E-state index in [2.05, 4.69) is 15.1 Å². The molecule has 0 aliphatic carbocycles. The van der Waals surface area contributed by atoms with E-state index in [1.807, 2.05) is 11.8 Å². The number of amides is 1. The molecular weight excluding hydrogens is 311 g/mol. The summed E-state index contributed by atoms with van der Waals surface area (Å²) >= 11 is 0. The summed E-state index contributed by atoms with van der Waals surface area (Å²) in [6.07, 6.45) is 4.43. The van der Waals surface area contributed by atoms with Crippen LogP contribution in [-0.4, -0.2) is 56.7 Å². The SMILES string of the molecule is CCc1ncnc(N2CCCN(C(=O)c3ccn(C)n3)CC2)c1F. The Hall–Kier alpha value is -2.51. The average Bonchev–Trinajstić information content (AvgIpc) is 2.88. The molecule has 24 heavy (non-hydrogen) atoms. The summed E-state index contributed by atoms with van der Waals surface area (Å²) in [6, 6.07) is 1.71. The fourth-order valence-electron chi connectivity index (χ4n) is 2.89. The number of halogens is 1. The average molecular weight is 332 g/mol. The number of nitrogens with zero attached hydrogens (tertiary/aromatic N) is 6. The van der Waals surface area contributed by atoms with Crippen LogP contribution in [0.2, 0.25) is 0 Å². The lowest BCUT2D eigenvalue weighted by molar-refractivity contribution is 0.0760. The number of carbonyl (C=O) groups is 1. The van der Waals surface area contributed by atoms with Crippen molar-refractivity contribution in [1.82, 2.24) is 24.6 Å². The molecule has 128 valence electrons. The molecule has 0 radical (unpaired) electrons. The van der Waals surface area contributed by atoms with Crippen LogP contribution in [0.3, 0.4) is 0 Å². The summed E-state index contributed by atoms with van der Waals surface area (Å²) in [4.78, 5) is 24.2. The third-order valence-electron chi connectivity index (χ3n) is 4.19. The zero-order valence-corrected chi connectivity index (χ0v) is 13.9. The lowest BCUT2D eigenvalue weighted by Crippen LogP contribution is -2.36. The first kappa shape index (κ1) is 16.4. The maximum Gasteiger partial charge on any atom is 0.274 e. The first-order valence-corrected chi connectivity index (χ1v) is 8.13. The van der Waals surface area contributed by atoms with Crippen LogP contribution in [0.4, 0.5) is 10.2 Å². The van der Waals surface area contributed by atoms with Crippen LogP contribution >= 0.6 is 0 Å². The molecule has 1 saturated heterocycles. The third-order valence-corrected chi connectivity index (χ3v) is 4.19. The van der Waals surface area contributed by atoms with Gasteiger partial charge >= 0.3 is 0 Å². The van der Waals surface area contributed by atoms with E-state index < -0.39 is 0 Å². The molecule has 3 rings (SSSR count). The van der Waals surface area contributed by atoms with Gasteiger partial charge in [0.2, 0.25) is 0 Å². The Morgan fingerprint density at radius 1 is 1.25 bits per heavy atom. The standard InChI is InChI=1S/C16H21FN6O/c1-3-12-14(17)15(19-11-18-12)22-6-4-7-23(10-9-22)16(24)13-5-8-21(2)20-13/h5,8,11H,3-4,6-7,9-10H2,1-2H3. The van der Waals surface area contributed by atoms with Crippen molar-refractivity contribution in [2.45, 2.75) is 19.8 Å². The van der Waals surface area contributed by atoms with Crippen molar-refractivity contribution in [3.63, 3.8) is 0 Å². The van der Waals surface area contributed by atoms with Crippen LogP contribution in [0, 0.1) is 5.82 Å². The highest BCUT2D eigenvalue weighted by Crippen LogP contribution is 2.20. The maximum absolute atomic E-state index is 14.5. The van der Waals surface area contributed by atoms with Gasteiger partial charge in [0.15, 0.2) is 11.6 Å². The van der Waals surface area contributed by atoms with Gasteiger partial charge in [-0.15, -0.1) is 0 Å². The molecule has 0 bridgehead atoms. The Bertz CT molecular complexity index is 731. The van der Waals surface area contributed by atoms with Gasteiger partial charge in [0, 0.05) is 39.4 Å². The third kappa shape index (κ3) is 3.22. The molecule has 0 atom stereocenters. The molecule has 0 unspecified atom stereocenters. The minimum absolute atomic E-state index is 0.0881. The predicted octanol–water partition coefficient (Wildman–Crippen LogP) is 1.26. The minimum Gasteiger partial charge on any atom is -0.352 e. The summed E-state index contributed by atoms with van der Waals surface area (Å²) < 4.78 is 16.1. The fourth-order valence-corrected chi connectivity index (χ4v) is 2.89. The quantitative estimate of drug-likeness (QED) is 0.847. The van der Waals surface area contributed by atoms with Crippen molar-refractivity contribution in [3.05, 3.63) is 35.8 Å². The van der Waals surface area contributed by atoms with Gasteiger partial charge in [-0.3, -0.25) is 9.48 Å². The highest BCUT2D eigenvalue weighted by atomic mass is 19.1. The number of carbonyl (C=O) groups excluding carboxylic acids is 1. The van der Waals surface area contributed by atoms with Crippen molar-refractivity contribution >= 4 is 11.7 Å². The van der Waals surface area contributed by atoms with Gasteiger partial charge in [-0.25, -0.2) is 14.4 Å². The first-order chi connectivity index (χ1) is 11.6. The van der Waals surface area contributed by atoms with Crippen molar-refractivity contribution in [2.75, 3.05) is 31.1 Å². The Balaban J connectivity index is 1.72. The topological polar surface area (TPSA) is 67.2 Å². The van der Waals surface area contributed by atoms with Crippen molar-refractivity contribution in [2.24, 2.45) is 7.05 Å². The molecule has 0 saturated carbocycles. The Kier molecular flexibility index (Phi) is 4.73. The number of anilines is 1. The number of aromatic nitrogens is 4. The molecule has 0 aromatic carbocycles. The molecule has 1 fully saturated rings. The molecule has 3 heterocycles. The van der Waals surface area contributed by atoms with Gasteiger partial charge in [0.05, 0.1) is 5.69 Å². The van der Waals surface area contributed by atoms with E-state index >= 15 is 0 Å². The predicted molar refractivity (Wildman–Crippen MR) is 87.3 cm³/mol. The molecule has 0 spiro atoms. The van der Waals surface area contributed by atoms with Crippen LogP contribution in [0.25, 0.3) is 0 Å². The monoisotopic (exact) mass is 332 g/mol. The van der Waals surface area contributed by atoms with E-state index in [0.717, 1.165) is 6.42 Å². The van der Waals surface area contributed by atoms with Crippen molar-refractivity contribution < 1.29 is 9.18 Å². The molecule has 7 nitrogen and oxygen atoms in total. The van der Waals surface area contributed by atoms with Gasteiger partial charge < -0.3 is 9.80 Å². The van der Waals surface area contributed by atoms with Crippen LogP contribution in [0.1, 0.15) is 29.5 Å². The van der Waals surface area contributed by atoms with Gasteiger partial charge in [0.1, 0.15) is 12.0 Å². The molecule has 8 heteroatoms. The number of rotatable bonds is 3. The van der Waals surface area contributed by atoms with E-state index in [-0.39, 0.29) is 11.7 Å². The minimum atomic E-state index is -0.357. The van der Waals surface area contributed by atoms with Crippen molar-refractivity contribution in [1.29, 1.82) is 0 Å². The largest absolute Gasteiger partial charge is 0.352 e. The Morgan fingerprint density at radius 3 is 2.79 bits per heavy atom. The van der Waals surface area contributed by atoms with Crippen molar-refractivity contribution in [3.8, 4) is 0 Å². The molecule has 0 N–H and O–H groups in total. The Labute approximate surface area is 140 Å². The summed E-state index contributed by atoms with van der Waals surface area (Å²) in [7, 11) is 1.78. The zero-order chi connectivity index (χ0) is 17.1. The van der Waals surface area contributed by atoms with Gasteiger partial charge in [0.25, 0.3) is 5.91 Å².